The first-order chi connectivity index (χ1) is 9.22. The minimum absolute atomic E-state index is 0.484. The summed E-state index contributed by atoms with van der Waals surface area (Å²) in [5.41, 5.74) is 3.88. The molecule has 0 aliphatic rings. The van der Waals surface area contributed by atoms with Gasteiger partial charge in [-0.15, -0.1) is 5.10 Å². The molecule has 3 heteroatoms. The fourth-order valence-corrected chi connectivity index (χ4v) is 2.32. The van der Waals surface area contributed by atoms with E-state index in [0.29, 0.717) is 5.92 Å². The Labute approximate surface area is 115 Å². The molecule has 0 aliphatic heterocycles. The van der Waals surface area contributed by atoms with Gasteiger partial charge in [-0.25, -0.2) is 0 Å². The van der Waals surface area contributed by atoms with Gasteiger partial charge in [-0.2, -0.15) is 0 Å². The summed E-state index contributed by atoms with van der Waals surface area (Å²) in [4.78, 5) is 0. The van der Waals surface area contributed by atoms with E-state index in [1.165, 1.54) is 24.0 Å². The third-order valence-corrected chi connectivity index (χ3v) is 3.51. The van der Waals surface area contributed by atoms with E-state index in [1.807, 2.05) is 10.9 Å². The van der Waals surface area contributed by atoms with Crippen molar-refractivity contribution in [3.05, 3.63) is 47.3 Å². The van der Waals surface area contributed by atoms with E-state index in [9.17, 15) is 0 Å². The molecule has 0 amide bonds. The van der Waals surface area contributed by atoms with Gasteiger partial charge in [-0.1, -0.05) is 49.7 Å². The zero-order valence-electron chi connectivity index (χ0n) is 12.1. The highest BCUT2D eigenvalue weighted by Crippen LogP contribution is 2.20. The summed E-state index contributed by atoms with van der Waals surface area (Å²) in [6.45, 7) is 7.43. The first kappa shape index (κ1) is 13.8. The maximum absolute atomic E-state index is 4.21. The van der Waals surface area contributed by atoms with E-state index < -0.39 is 0 Å². The molecule has 102 valence electrons. The number of aromatic nitrogens is 3. The molecule has 0 saturated carbocycles. The van der Waals surface area contributed by atoms with Crippen LogP contribution >= 0.6 is 0 Å². The maximum atomic E-state index is 4.21. The van der Waals surface area contributed by atoms with Gasteiger partial charge < -0.3 is 0 Å². The molecule has 1 atom stereocenters. The van der Waals surface area contributed by atoms with Crippen molar-refractivity contribution in [1.82, 2.24) is 15.0 Å². The third-order valence-electron chi connectivity index (χ3n) is 3.51. The van der Waals surface area contributed by atoms with Gasteiger partial charge in [-0.05, 0) is 36.8 Å². The minimum Gasteiger partial charge on any atom is -0.253 e. The summed E-state index contributed by atoms with van der Waals surface area (Å²) < 4.78 is 1.88. The van der Waals surface area contributed by atoms with Crippen molar-refractivity contribution in [1.29, 1.82) is 0 Å². The van der Waals surface area contributed by atoms with Crippen LogP contribution in [-0.4, -0.2) is 15.0 Å². The normalized spacial score (nSPS) is 12.6. The lowest BCUT2D eigenvalue weighted by Gasteiger charge is -2.10. The molecule has 0 spiro atoms. The summed E-state index contributed by atoms with van der Waals surface area (Å²) in [7, 11) is 0. The molecule has 3 nitrogen and oxygen atoms in total. The average molecular weight is 257 g/mol. The van der Waals surface area contributed by atoms with Gasteiger partial charge in [0, 0.05) is 12.7 Å². The summed E-state index contributed by atoms with van der Waals surface area (Å²) >= 11 is 0. The molecule has 1 aromatic carbocycles. The molecule has 2 rings (SSSR count). The first-order valence-corrected chi connectivity index (χ1v) is 7.20. The highest BCUT2D eigenvalue weighted by molar-refractivity contribution is 5.26. The predicted octanol–water partition coefficient (Wildman–Crippen LogP) is 3.60. The van der Waals surface area contributed by atoms with Crippen molar-refractivity contribution >= 4 is 0 Å². The van der Waals surface area contributed by atoms with Crippen LogP contribution in [0.3, 0.4) is 0 Å². The van der Waals surface area contributed by atoms with Crippen LogP contribution < -0.4 is 0 Å². The van der Waals surface area contributed by atoms with Crippen LogP contribution in [0.15, 0.2) is 30.5 Å². The summed E-state index contributed by atoms with van der Waals surface area (Å²) in [6, 6.07) is 9.00. The van der Waals surface area contributed by atoms with E-state index >= 15 is 0 Å². The maximum Gasteiger partial charge on any atom is 0.0833 e. The van der Waals surface area contributed by atoms with Crippen molar-refractivity contribution in [3.63, 3.8) is 0 Å². The zero-order chi connectivity index (χ0) is 13.7. The first-order valence-electron chi connectivity index (χ1n) is 7.20. The number of nitrogens with zero attached hydrogens (tertiary/aromatic N) is 3. The Morgan fingerprint density at radius 3 is 2.47 bits per heavy atom. The van der Waals surface area contributed by atoms with Crippen LogP contribution in [0.1, 0.15) is 49.9 Å². The number of benzene rings is 1. The summed E-state index contributed by atoms with van der Waals surface area (Å²) in [6.07, 6.45) is 5.36. The van der Waals surface area contributed by atoms with Gasteiger partial charge in [-0.3, -0.25) is 4.68 Å². The average Bonchev–Trinajstić information content (AvgIpc) is 2.87. The molecule has 2 aromatic rings. The second-order valence-electron chi connectivity index (χ2n) is 5.16. The highest BCUT2D eigenvalue weighted by Gasteiger charge is 2.09. The second-order valence-corrected chi connectivity index (χ2v) is 5.16. The molecule has 0 saturated heterocycles. The van der Waals surface area contributed by atoms with E-state index in [0.717, 1.165) is 18.7 Å². The predicted molar refractivity (Wildman–Crippen MR) is 78.3 cm³/mol. The Morgan fingerprint density at radius 2 is 1.89 bits per heavy atom. The highest BCUT2D eigenvalue weighted by atomic mass is 15.4. The molecule has 1 unspecified atom stereocenters. The Kier molecular flexibility index (Phi) is 4.72. The Bertz CT molecular complexity index is 499. The zero-order valence-corrected chi connectivity index (χ0v) is 12.1. The lowest BCUT2D eigenvalue weighted by molar-refractivity contribution is 0.626. The Hall–Kier alpha value is -1.64. The van der Waals surface area contributed by atoms with Gasteiger partial charge in [0.05, 0.1) is 5.69 Å². The van der Waals surface area contributed by atoms with Crippen molar-refractivity contribution in [2.75, 3.05) is 0 Å². The number of rotatable bonds is 6. The van der Waals surface area contributed by atoms with Crippen LogP contribution in [-0.2, 0) is 19.4 Å². The third kappa shape index (κ3) is 3.66. The molecular formula is C16H23N3. The standard InChI is InChI=1S/C16H23N3/c1-4-6-14-7-9-15(10-8-14)13(3)11-16-12-19(5-2)18-17-16/h7-10,12-13H,4-6,11H2,1-3H3. The molecule has 0 fully saturated rings. The molecule has 1 heterocycles. The molecule has 1 aromatic heterocycles. The van der Waals surface area contributed by atoms with Crippen molar-refractivity contribution in [2.24, 2.45) is 0 Å². The van der Waals surface area contributed by atoms with Gasteiger partial charge in [0.2, 0.25) is 0 Å². The van der Waals surface area contributed by atoms with Crippen LogP contribution in [0.25, 0.3) is 0 Å². The molecule has 19 heavy (non-hydrogen) atoms. The lowest BCUT2D eigenvalue weighted by Crippen LogP contribution is -1.99. The van der Waals surface area contributed by atoms with Crippen molar-refractivity contribution in [3.8, 4) is 0 Å². The molecule has 0 radical (unpaired) electrons. The van der Waals surface area contributed by atoms with Crippen molar-refractivity contribution < 1.29 is 0 Å². The van der Waals surface area contributed by atoms with Gasteiger partial charge >= 0.3 is 0 Å². The number of hydrogen-bond acceptors (Lipinski definition) is 2. The van der Waals surface area contributed by atoms with Gasteiger partial charge in [0.1, 0.15) is 0 Å². The fourth-order valence-electron chi connectivity index (χ4n) is 2.32. The lowest BCUT2D eigenvalue weighted by atomic mass is 9.95. The summed E-state index contributed by atoms with van der Waals surface area (Å²) in [5.74, 6) is 0.484. The monoisotopic (exact) mass is 257 g/mol. The van der Waals surface area contributed by atoms with E-state index in [2.05, 4.69) is 55.3 Å². The number of hydrogen-bond donors (Lipinski definition) is 0. The molecule has 0 N–H and O–H groups in total. The largest absolute Gasteiger partial charge is 0.253 e. The molecule has 0 bridgehead atoms. The Balaban J connectivity index is 2.00. The van der Waals surface area contributed by atoms with E-state index in [1.54, 1.807) is 0 Å². The topological polar surface area (TPSA) is 30.7 Å². The van der Waals surface area contributed by atoms with Crippen molar-refractivity contribution in [2.45, 2.75) is 52.5 Å². The molecular weight excluding hydrogens is 234 g/mol. The quantitative estimate of drug-likeness (QED) is 0.791. The van der Waals surface area contributed by atoms with Crippen LogP contribution in [0.4, 0.5) is 0 Å². The smallest absolute Gasteiger partial charge is 0.0833 e. The SMILES string of the molecule is CCCc1ccc(C(C)Cc2cn(CC)nn2)cc1. The minimum atomic E-state index is 0.484. The van der Waals surface area contributed by atoms with Crippen LogP contribution in [0, 0.1) is 0 Å². The van der Waals surface area contributed by atoms with Crippen LogP contribution in [0.2, 0.25) is 0 Å². The van der Waals surface area contributed by atoms with Gasteiger partial charge in [0.25, 0.3) is 0 Å². The second kappa shape index (κ2) is 6.50. The summed E-state index contributed by atoms with van der Waals surface area (Å²) in [5, 5.41) is 8.30. The molecule has 0 aliphatic carbocycles. The van der Waals surface area contributed by atoms with E-state index in [4.69, 9.17) is 0 Å². The number of aryl methyl sites for hydroxylation is 2. The van der Waals surface area contributed by atoms with Crippen LogP contribution in [0.5, 0.6) is 0 Å². The fraction of sp³-hybridized carbons (Fsp3) is 0.500. The van der Waals surface area contributed by atoms with E-state index in [-0.39, 0.29) is 0 Å². The Morgan fingerprint density at radius 1 is 1.16 bits per heavy atom. The van der Waals surface area contributed by atoms with Gasteiger partial charge in [0.15, 0.2) is 0 Å².